The Morgan fingerprint density at radius 1 is 1.25 bits per heavy atom. The summed E-state index contributed by atoms with van der Waals surface area (Å²) in [6, 6.07) is 0. The first-order valence-corrected chi connectivity index (χ1v) is 5.91. The highest BCUT2D eigenvalue weighted by atomic mass is 79.9. The van der Waals surface area contributed by atoms with Crippen molar-refractivity contribution in [3.05, 3.63) is 22.7 Å². The van der Waals surface area contributed by atoms with E-state index in [1.165, 1.54) is 6.20 Å². The maximum absolute atomic E-state index is 12.0. The molecule has 1 aromatic rings. The Hall–Kier alpha value is -1.01. The van der Waals surface area contributed by atoms with Crippen LogP contribution in [-0.2, 0) is 0 Å². The Morgan fingerprint density at radius 3 is 2.50 bits per heavy atom. The molecule has 0 aromatic carbocycles. The number of nitrogens with zero attached hydrogens (tertiary/aromatic N) is 4. The van der Waals surface area contributed by atoms with Crippen molar-refractivity contribution in [2.45, 2.75) is 0 Å². The van der Waals surface area contributed by atoms with Crippen LogP contribution in [0.2, 0.25) is 0 Å². The first-order chi connectivity index (χ1) is 7.66. The van der Waals surface area contributed by atoms with Crippen LogP contribution in [0.15, 0.2) is 17.0 Å². The normalized spacial score (nSPS) is 17.5. The van der Waals surface area contributed by atoms with Crippen LogP contribution in [0.4, 0.5) is 0 Å². The Balaban J connectivity index is 2.05. The molecule has 2 heterocycles. The molecule has 0 saturated carbocycles. The fourth-order valence-electron chi connectivity index (χ4n) is 1.59. The van der Waals surface area contributed by atoms with Crippen molar-refractivity contribution in [1.82, 2.24) is 19.8 Å². The van der Waals surface area contributed by atoms with E-state index < -0.39 is 0 Å². The van der Waals surface area contributed by atoms with E-state index in [-0.39, 0.29) is 5.91 Å². The molecule has 86 valence electrons. The van der Waals surface area contributed by atoms with Crippen LogP contribution < -0.4 is 0 Å². The fraction of sp³-hybridized carbons (Fsp3) is 0.500. The third-order valence-corrected chi connectivity index (χ3v) is 3.04. The number of amides is 1. The highest BCUT2D eigenvalue weighted by molar-refractivity contribution is 9.10. The average molecular weight is 285 g/mol. The molecule has 0 atom stereocenters. The predicted octanol–water partition coefficient (Wildman–Crippen LogP) is 0.627. The number of halogens is 1. The van der Waals surface area contributed by atoms with E-state index in [2.05, 4.69) is 37.8 Å². The number of hydrogen-bond acceptors (Lipinski definition) is 4. The SMILES string of the molecule is CN1CCN(C(=O)c2cnc(Br)cn2)CC1. The lowest BCUT2D eigenvalue weighted by Crippen LogP contribution is -2.47. The predicted molar refractivity (Wildman–Crippen MR) is 63.1 cm³/mol. The van der Waals surface area contributed by atoms with Crippen LogP contribution in [0.5, 0.6) is 0 Å². The second-order valence-electron chi connectivity index (χ2n) is 3.82. The number of rotatable bonds is 1. The summed E-state index contributed by atoms with van der Waals surface area (Å²) in [5.41, 5.74) is 0.410. The number of hydrogen-bond donors (Lipinski definition) is 0. The summed E-state index contributed by atoms with van der Waals surface area (Å²) in [5, 5.41) is 0. The first kappa shape index (κ1) is 11.5. The molecule has 1 saturated heterocycles. The van der Waals surface area contributed by atoms with Gasteiger partial charge in [-0.25, -0.2) is 9.97 Å². The van der Waals surface area contributed by atoms with Crippen LogP contribution in [0.1, 0.15) is 10.5 Å². The average Bonchev–Trinajstić information content (AvgIpc) is 2.30. The molecule has 1 aliphatic heterocycles. The Labute approximate surface area is 103 Å². The van der Waals surface area contributed by atoms with E-state index in [1.54, 1.807) is 6.20 Å². The standard InChI is InChI=1S/C10H13BrN4O/c1-14-2-4-15(5-3-14)10(16)8-6-13-9(11)7-12-8/h6-7H,2-5H2,1H3. The van der Waals surface area contributed by atoms with Gasteiger partial charge in [0.1, 0.15) is 10.3 Å². The number of carbonyl (C=O) groups excluding carboxylic acids is 1. The van der Waals surface area contributed by atoms with Crippen LogP contribution in [0.3, 0.4) is 0 Å². The van der Waals surface area contributed by atoms with E-state index in [0.29, 0.717) is 10.3 Å². The molecule has 0 unspecified atom stereocenters. The summed E-state index contributed by atoms with van der Waals surface area (Å²) in [4.78, 5) is 24.1. The summed E-state index contributed by atoms with van der Waals surface area (Å²) in [6.45, 7) is 3.34. The Kier molecular flexibility index (Phi) is 3.50. The third kappa shape index (κ3) is 2.56. The molecule has 0 aliphatic carbocycles. The molecule has 2 rings (SSSR count). The minimum atomic E-state index is -0.0342. The van der Waals surface area contributed by atoms with Gasteiger partial charge in [-0.05, 0) is 23.0 Å². The molecular weight excluding hydrogens is 272 g/mol. The van der Waals surface area contributed by atoms with Crippen LogP contribution >= 0.6 is 15.9 Å². The summed E-state index contributed by atoms with van der Waals surface area (Å²) < 4.78 is 0.641. The second kappa shape index (κ2) is 4.88. The van der Waals surface area contributed by atoms with Gasteiger partial charge in [0, 0.05) is 26.2 Å². The van der Waals surface area contributed by atoms with Crippen LogP contribution in [0, 0.1) is 0 Å². The third-order valence-electron chi connectivity index (χ3n) is 2.63. The van der Waals surface area contributed by atoms with Gasteiger partial charge in [-0.15, -0.1) is 0 Å². The van der Waals surface area contributed by atoms with Crippen LogP contribution in [-0.4, -0.2) is 58.9 Å². The topological polar surface area (TPSA) is 49.3 Å². The summed E-state index contributed by atoms with van der Waals surface area (Å²) in [7, 11) is 2.06. The van der Waals surface area contributed by atoms with Crippen molar-refractivity contribution in [1.29, 1.82) is 0 Å². The Morgan fingerprint density at radius 2 is 1.94 bits per heavy atom. The van der Waals surface area contributed by atoms with Crippen LogP contribution in [0.25, 0.3) is 0 Å². The summed E-state index contributed by atoms with van der Waals surface area (Å²) in [6.07, 6.45) is 3.05. The highest BCUT2D eigenvalue weighted by Crippen LogP contribution is 2.07. The molecule has 0 radical (unpaired) electrons. The molecule has 0 spiro atoms. The zero-order chi connectivity index (χ0) is 11.5. The maximum atomic E-state index is 12.0. The molecule has 16 heavy (non-hydrogen) atoms. The van der Waals surface area contributed by atoms with Crippen molar-refractivity contribution in [2.24, 2.45) is 0 Å². The molecular formula is C10H13BrN4O. The molecule has 6 heteroatoms. The molecule has 0 N–H and O–H groups in total. The van der Waals surface area contributed by atoms with E-state index in [9.17, 15) is 4.79 Å². The van der Waals surface area contributed by atoms with Crippen molar-refractivity contribution < 1.29 is 4.79 Å². The zero-order valence-corrected chi connectivity index (χ0v) is 10.6. The minimum absolute atomic E-state index is 0.0342. The quantitative estimate of drug-likeness (QED) is 0.759. The van der Waals surface area contributed by atoms with Gasteiger partial charge in [0.15, 0.2) is 0 Å². The number of carbonyl (C=O) groups is 1. The monoisotopic (exact) mass is 284 g/mol. The van der Waals surface area contributed by atoms with Crippen molar-refractivity contribution >= 4 is 21.8 Å². The first-order valence-electron chi connectivity index (χ1n) is 5.12. The van der Waals surface area contributed by atoms with Gasteiger partial charge in [-0.1, -0.05) is 0 Å². The zero-order valence-electron chi connectivity index (χ0n) is 9.06. The van der Waals surface area contributed by atoms with Crippen molar-refractivity contribution in [3.63, 3.8) is 0 Å². The van der Waals surface area contributed by atoms with Gasteiger partial charge in [0.05, 0.1) is 12.4 Å². The minimum Gasteiger partial charge on any atom is -0.335 e. The summed E-state index contributed by atoms with van der Waals surface area (Å²) >= 11 is 3.19. The second-order valence-corrected chi connectivity index (χ2v) is 4.63. The summed E-state index contributed by atoms with van der Waals surface area (Å²) in [5.74, 6) is -0.0342. The lowest BCUT2D eigenvalue weighted by molar-refractivity contribution is 0.0657. The smallest absolute Gasteiger partial charge is 0.274 e. The number of piperazine rings is 1. The van der Waals surface area contributed by atoms with Gasteiger partial charge in [-0.3, -0.25) is 4.79 Å². The van der Waals surface area contributed by atoms with E-state index >= 15 is 0 Å². The molecule has 1 aromatic heterocycles. The van der Waals surface area contributed by atoms with E-state index in [0.717, 1.165) is 26.2 Å². The maximum Gasteiger partial charge on any atom is 0.274 e. The molecule has 0 bridgehead atoms. The largest absolute Gasteiger partial charge is 0.335 e. The van der Waals surface area contributed by atoms with Gasteiger partial charge in [0.2, 0.25) is 0 Å². The van der Waals surface area contributed by atoms with Gasteiger partial charge in [0.25, 0.3) is 5.91 Å². The molecule has 5 nitrogen and oxygen atoms in total. The Bertz CT molecular complexity index is 373. The van der Waals surface area contributed by atoms with E-state index in [4.69, 9.17) is 0 Å². The van der Waals surface area contributed by atoms with E-state index in [1.807, 2.05) is 4.90 Å². The number of likely N-dealkylation sites (N-methyl/N-ethyl adjacent to an activating group) is 1. The molecule has 1 amide bonds. The lowest BCUT2D eigenvalue weighted by atomic mass is 10.3. The fourth-order valence-corrected chi connectivity index (χ4v) is 1.80. The highest BCUT2D eigenvalue weighted by Gasteiger charge is 2.21. The van der Waals surface area contributed by atoms with Gasteiger partial charge < -0.3 is 9.80 Å². The lowest BCUT2D eigenvalue weighted by Gasteiger charge is -2.32. The number of aromatic nitrogens is 2. The molecule has 1 aliphatic rings. The molecule has 1 fully saturated rings. The van der Waals surface area contributed by atoms with Gasteiger partial charge in [-0.2, -0.15) is 0 Å². The van der Waals surface area contributed by atoms with Crippen molar-refractivity contribution in [2.75, 3.05) is 33.2 Å². The van der Waals surface area contributed by atoms with Crippen molar-refractivity contribution in [3.8, 4) is 0 Å². The van der Waals surface area contributed by atoms with Gasteiger partial charge >= 0.3 is 0 Å².